The molecule has 3 aromatic rings. The summed E-state index contributed by atoms with van der Waals surface area (Å²) >= 11 is 0. The van der Waals surface area contributed by atoms with E-state index in [0.29, 0.717) is 24.0 Å². The summed E-state index contributed by atoms with van der Waals surface area (Å²) in [5.41, 5.74) is 2.92. The maximum Gasteiger partial charge on any atom is 0.407 e. The van der Waals surface area contributed by atoms with E-state index < -0.39 is 14.4 Å². The van der Waals surface area contributed by atoms with Crippen LogP contribution in [0.5, 0.6) is 0 Å². The quantitative estimate of drug-likeness (QED) is 0.257. The Morgan fingerprint density at radius 1 is 1.00 bits per heavy atom. The van der Waals surface area contributed by atoms with Crippen LogP contribution in [0.2, 0.25) is 18.1 Å². The average molecular weight is 591 g/mol. The van der Waals surface area contributed by atoms with Gasteiger partial charge in [0.25, 0.3) is 5.91 Å². The fourth-order valence-corrected chi connectivity index (χ4v) is 6.72. The molecule has 1 fully saturated rings. The van der Waals surface area contributed by atoms with Gasteiger partial charge in [0.2, 0.25) is 0 Å². The minimum atomic E-state index is -2.21. The molecule has 6 nitrogen and oxygen atoms in total. The molecular formula is C34H43FN2O4Si. The number of benzene rings is 3. The molecule has 224 valence electrons. The number of hydrogen-bond donors (Lipinski definition) is 1. The molecule has 2 amide bonds. The number of hydrogen-bond acceptors (Lipinski definition) is 3. The number of likely N-dealkylation sites (tertiary alicyclic amines) is 1. The number of carboxylic acid groups (broad SMARTS) is 1. The second-order valence-corrected chi connectivity index (χ2v) is 17.6. The third-order valence-corrected chi connectivity index (χ3v) is 13.3. The van der Waals surface area contributed by atoms with Crippen molar-refractivity contribution in [1.29, 1.82) is 0 Å². The van der Waals surface area contributed by atoms with Crippen molar-refractivity contribution in [3.63, 3.8) is 0 Å². The van der Waals surface area contributed by atoms with Crippen molar-refractivity contribution in [1.82, 2.24) is 9.80 Å². The first kappa shape index (κ1) is 31.4. The number of carbonyl (C=O) groups excluding carboxylic acids is 1. The molecule has 0 aliphatic carbocycles. The van der Waals surface area contributed by atoms with E-state index in [1.54, 1.807) is 42.3 Å². The lowest BCUT2D eigenvalue weighted by Gasteiger charge is -2.42. The Hall–Kier alpha value is -3.49. The number of nitrogens with zero attached hydrogens (tertiary/aromatic N) is 2. The predicted octanol–water partition coefficient (Wildman–Crippen LogP) is 7.91. The SMILES string of the molecule is CN(Cc1ccccc1F)C(=O)c1ccc(C[C@@H]2CC[C@H]([C@H](O[Si](C)(C)C(C)(C)C)c3ccccc3)N2C(=O)O)cc1. The monoisotopic (exact) mass is 590 g/mol. The van der Waals surface area contributed by atoms with E-state index in [1.807, 2.05) is 42.5 Å². The summed E-state index contributed by atoms with van der Waals surface area (Å²) in [5.74, 6) is -0.541. The molecule has 4 rings (SSSR count). The molecule has 0 saturated carbocycles. The smallest absolute Gasteiger partial charge is 0.407 e. The lowest BCUT2D eigenvalue weighted by atomic mass is 10.0. The number of carbonyl (C=O) groups is 2. The average Bonchev–Trinajstić information content (AvgIpc) is 3.36. The molecule has 1 aliphatic heterocycles. The van der Waals surface area contributed by atoms with Crippen molar-refractivity contribution in [2.75, 3.05) is 7.05 Å². The summed E-state index contributed by atoms with van der Waals surface area (Å²) in [6.45, 7) is 11.2. The van der Waals surface area contributed by atoms with Crippen LogP contribution in [-0.4, -0.2) is 54.4 Å². The van der Waals surface area contributed by atoms with E-state index in [0.717, 1.165) is 17.5 Å². The van der Waals surface area contributed by atoms with Gasteiger partial charge in [0, 0.05) is 30.8 Å². The Morgan fingerprint density at radius 2 is 1.62 bits per heavy atom. The molecule has 1 N–H and O–H groups in total. The summed E-state index contributed by atoms with van der Waals surface area (Å²) < 4.78 is 21.0. The summed E-state index contributed by atoms with van der Waals surface area (Å²) in [5, 5.41) is 10.4. The van der Waals surface area contributed by atoms with Gasteiger partial charge in [-0.3, -0.25) is 9.69 Å². The molecule has 0 aromatic heterocycles. The molecule has 42 heavy (non-hydrogen) atoms. The van der Waals surface area contributed by atoms with Crippen LogP contribution in [0, 0.1) is 5.82 Å². The molecule has 8 heteroatoms. The van der Waals surface area contributed by atoms with Crippen LogP contribution in [0.25, 0.3) is 0 Å². The van der Waals surface area contributed by atoms with Crippen LogP contribution < -0.4 is 0 Å². The fourth-order valence-electron chi connectivity index (χ4n) is 5.44. The first-order chi connectivity index (χ1) is 19.8. The highest BCUT2D eigenvalue weighted by Gasteiger charge is 2.46. The zero-order chi connectivity index (χ0) is 30.7. The van der Waals surface area contributed by atoms with Gasteiger partial charge in [-0.1, -0.05) is 81.4 Å². The van der Waals surface area contributed by atoms with E-state index in [9.17, 15) is 19.1 Å². The number of halogens is 1. The number of rotatable bonds is 9. The highest BCUT2D eigenvalue weighted by Crippen LogP contribution is 2.44. The molecule has 0 bridgehead atoms. The summed E-state index contributed by atoms with van der Waals surface area (Å²) in [6, 6.07) is 23.2. The van der Waals surface area contributed by atoms with E-state index in [1.165, 1.54) is 11.0 Å². The molecule has 0 radical (unpaired) electrons. The Kier molecular flexibility index (Phi) is 9.58. The molecule has 0 unspecified atom stereocenters. The van der Waals surface area contributed by atoms with E-state index >= 15 is 0 Å². The Labute approximate surface area is 250 Å². The second-order valence-electron chi connectivity index (χ2n) is 12.9. The summed E-state index contributed by atoms with van der Waals surface area (Å²) in [4.78, 5) is 28.8. The maximum absolute atomic E-state index is 14.1. The Bertz CT molecular complexity index is 1370. The molecule has 1 saturated heterocycles. The molecule has 1 aliphatic rings. The normalized spacial score (nSPS) is 18.1. The Balaban J connectivity index is 1.50. The lowest BCUT2D eigenvalue weighted by Crippen LogP contribution is -2.49. The number of amides is 2. The van der Waals surface area contributed by atoms with Crippen LogP contribution in [0.4, 0.5) is 9.18 Å². The van der Waals surface area contributed by atoms with Crippen LogP contribution in [0.15, 0.2) is 78.9 Å². The zero-order valence-corrected chi connectivity index (χ0v) is 26.5. The maximum atomic E-state index is 14.1. The first-order valence-electron chi connectivity index (χ1n) is 14.6. The highest BCUT2D eigenvalue weighted by molar-refractivity contribution is 6.74. The van der Waals surface area contributed by atoms with Gasteiger partial charge in [-0.25, -0.2) is 9.18 Å². The largest absolute Gasteiger partial charge is 0.465 e. The van der Waals surface area contributed by atoms with Crippen LogP contribution in [0.1, 0.15) is 66.8 Å². The third kappa shape index (κ3) is 7.10. The lowest BCUT2D eigenvalue weighted by molar-refractivity contribution is 0.0598. The van der Waals surface area contributed by atoms with Crippen LogP contribution in [0.3, 0.4) is 0 Å². The van der Waals surface area contributed by atoms with Gasteiger partial charge in [0.1, 0.15) is 5.82 Å². The van der Waals surface area contributed by atoms with Gasteiger partial charge in [0.15, 0.2) is 8.32 Å². The van der Waals surface area contributed by atoms with Gasteiger partial charge in [-0.05, 0) is 66.7 Å². The topological polar surface area (TPSA) is 70.1 Å². The van der Waals surface area contributed by atoms with Gasteiger partial charge in [-0.2, -0.15) is 0 Å². The summed E-state index contributed by atoms with van der Waals surface area (Å²) in [6.07, 6.45) is 0.696. The zero-order valence-electron chi connectivity index (χ0n) is 25.5. The summed E-state index contributed by atoms with van der Waals surface area (Å²) in [7, 11) is -0.556. The molecule has 0 spiro atoms. The minimum Gasteiger partial charge on any atom is -0.465 e. The van der Waals surface area contributed by atoms with Crippen molar-refractivity contribution in [2.24, 2.45) is 0 Å². The molecule has 3 aromatic carbocycles. The second kappa shape index (κ2) is 12.8. The van der Waals surface area contributed by atoms with Gasteiger partial charge < -0.3 is 14.4 Å². The minimum absolute atomic E-state index is 0.0192. The predicted molar refractivity (Wildman–Crippen MR) is 166 cm³/mol. The molecule has 1 heterocycles. The Morgan fingerprint density at radius 3 is 2.21 bits per heavy atom. The van der Waals surface area contributed by atoms with E-state index in [-0.39, 0.29) is 41.5 Å². The van der Waals surface area contributed by atoms with E-state index in [2.05, 4.69) is 33.9 Å². The molecular weight excluding hydrogens is 547 g/mol. The van der Waals surface area contributed by atoms with Crippen molar-refractivity contribution in [2.45, 2.75) is 82.9 Å². The van der Waals surface area contributed by atoms with Crippen molar-refractivity contribution < 1.29 is 23.5 Å². The molecule has 3 atom stereocenters. The first-order valence-corrected chi connectivity index (χ1v) is 17.5. The van der Waals surface area contributed by atoms with Gasteiger partial charge >= 0.3 is 6.09 Å². The van der Waals surface area contributed by atoms with Crippen molar-refractivity contribution in [3.05, 3.63) is 107 Å². The van der Waals surface area contributed by atoms with Crippen molar-refractivity contribution in [3.8, 4) is 0 Å². The van der Waals surface area contributed by atoms with E-state index in [4.69, 9.17) is 4.43 Å². The van der Waals surface area contributed by atoms with Crippen LogP contribution in [-0.2, 0) is 17.4 Å². The van der Waals surface area contributed by atoms with Gasteiger partial charge in [0.05, 0.1) is 12.1 Å². The standard InChI is InChI=1S/C34H43FN2O4Si/c1-34(2,3)42(5,6)41-31(25-12-8-7-9-13-25)30-21-20-28(37(30)33(39)40)22-24-16-18-26(19-17-24)32(38)36(4)23-27-14-10-11-15-29(27)35/h7-19,28,30-31H,20-23H2,1-6H3,(H,39,40)/t28-,30+,31+/m0/s1. The van der Waals surface area contributed by atoms with Crippen molar-refractivity contribution >= 4 is 20.3 Å². The highest BCUT2D eigenvalue weighted by atomic mass is 28.4. The van der Waals surface area contributed by atoms with Gasteiger partial charge in [-0.15, -0.1) is 0 Å². The fraction of sp³-hybridized carbons (Fsp3) is 0.412. The van der Waals surface area contributed by atoms with Crippen LogP contribution >= 0.6 is 0 Å². The third-order valence-electron chi connectivity index (χ3n) is 8.86.